The Morgan fingerprint density at radius 2 is 2.00 bits per heavy atom. The molecular weight excluding hydrogens is 250 g/mol. The lowest BCUT2D eigenvalue weighted by Crippen LogP contribution is -2.17. The van der Waals surface area contributed by atoms with Crippen LogP contribution in [-0.4, -0.2) is 26.8 Å². The maximum atomic E-state index is 4.69. The molecule has 2 heterocycles. The third kappa shape index (κ3) is 3.15. The number of aryl methyl sites for hydroxylation is 1. The van der Waals surface area contributed by atoms with Crippen LogP contribution in [0.2, 0.25) is 0 Å². The average molecular weight is 273 g/mol. The van der Waals surface area contributed by atoms with Crippen molar-refractivity contribution in [1.29, 1.82) is 0 Å². The van der Waals surface area contributed by atoms with Gasteiger partial charge in [0.15, 0.2) is 0 Å². The number of rotatable bonds is 4. The van der Waals surface area contributed by atoms with E-state index in [-0.39, 0.29) is 5.41 Å². The van der Waals surface area contributed by atoms with E-state index in [9.17, 15) is 0 Å². The fourth-order valence-electron chi connectivity index (χ4n) is 1.91. The molecule has 0 atom stereocenters. The van der Waals surface area contributed by atoms with Crippen LogP contribution in [0.15, 0.2) is 18.5 Å². The molecule has 0 spiro atoms. The normalized spacial score (nSPS) is 11.7. The number of anilines is 1. The van der Waals surface area contributed by atoms with Crippen molar-refractivity contribution in [2.24, 2.45) is 0 Å². The first-order valence-electron chi connectivity index (χ1n) is 7.04. The van der Waals surface area contributed by atoms with Gasteiger partial charge in [-0.1, -0.05) is 27.7 Å². The fraction of sp³-hybridized carbons (Fsp3) is 0.533. The molecule has 20 heavy (non-hydrogen) atoms. The zero-order valence-electron chi connectivity index (χ0n) is 12.9. The van der Waals surface area contributed by atoms with Gasteiger partial charge in [0, 0.05) is 36.8 Å². The van der Waals surface area contributed by atoms with E-state index in [0.717, 1.165) is 35.9 Å². The molecule has 2 rings (SSSR count). The molecule has 0 radical (unpaired) electrons. The number of hydrogen-bond donors (Lipinski definition) is 1. The predicted molar refractivity (Wildman–Crippen MR) is 81.8 cm³/mol. The largest absolute Gasteiger partial charge is 0.373 e. The van der Waals surface area contributed by atoms with Crippen LogP contribution in [0, 0.1) is 0 Å². The van der Waals surface area contributed by atoms with Gasteiger partial charge in [-0.3, -0.25) is 4.68 Å². The lowest BCUT2D eigenvalue weighted by molar-refractivity contribution is 0.547. The first-order valence-corrected chi connectivity index (χ1v) is 7.04. The van der Waals surface area contributed by atoms with Crippen molar-refractivity contribution in [2.75, 3.05) is 12.4 Å². The summed E-state index contributed by atoms with van der Waals surface area (Å²) in [5.74, 6) is 1.67. The zero-order valence-corrected chi connectivity index (χ0v) is 12.9. The number of aromatic nitrogens is 4. The van der Waals surface area contributed by atoms with Crippen molar-refractivity contribution < 1.29 is 0 Å². The summed E-state index contributed by atoms with van der Waals surface area (Å²) in [6.45, 7) is 9.42. The number of nitrogens with one attached hydrogen (secondary N) is 1. The molecule has 2 aromatic heterocycles. The monoisotopic (exact) mass is 273 g/mol. The van der Waals surface area contributed by atoms with E-state index in [4.69, 9.17) is 4.98 Å². The third-order valence-electron chi connectivity index (χ3n) is 3.03. The van der Waals surface area contributed by atoms with Gasteiger partial charge in [0.1, 0.15) is 11.6 Å². The molecule has 108 valence electrons. The Morgan fingerprint density at radius 3 is 2.60 bits per heavy atom. The summed E-state index contributed by atoms with van der Waals surface area (Å²) in [6.07, 6.45) is 4.97. The Bertz CT molecular complexity index is 580. The summed E-state index contributed by atoms with van der Waals surface area (Å²) in [6, 6.07) is 1.96. The van der Waals surface area contributed by atoms with Gasteiger partial charge in [-0.2, -0.15) is 5.10 Å². The maximum Gasteiger partial charge on any atom is 0.136 e. The second-order valence-electron chi connectivity index (χ2n) is 5.95. The lowest BCUT2D eigenvalue weighted by Gasteiger charge is -2.18. The minimum Gasteiger partial charge on any atom is -0.373 e. The minimum absolute atomic E-state index is 0.0823. The number of nitrogens with zero attached hydrogens (tertiary/aromatic N) is 4. The molecule has 5 nitrogen and oxygen atoms in total. The molecule has 0 amide bonds. The lowest BCUT2D eigenvalue weighted by atomic mass is 9.95. The summed E-state index contributed by atoms with van der Waals surface area (Å²) in [7, 11) is 1.87. The van der Waals surface area contributed by atoms with E-state index >= 15 is 0 Å². The summed E-state index contributed by atoms with van der Waals surface area (Å²) in [4.78, 5) is 9.23. The first kappa shape index (κ1) is 14.5. The molecule has 0 aliphatic heterocycles. The van der Waals surface area contributed by atoms with Gasteiger partial charge >= 0.3 is 0 Å². The van der Waals surface area contributed by atoms with E-state index in [1.807, 2.05) is 30.2 Å². The second-order valence-corrected chi connectivity index (χ2v) is 5.95. The highest BCUT2D eigenvalue weighted by atomic mass is 15.3. The molecule has 0 saturated carbocycles. The van der Waals surface area contributed by atoms with Gasteiger partial charge in [0.25, 0.3) is 0 Å². The Morgan fingerprint density at radius 1 is 1.25 bits per heavy atom. The Kier molecular flexibility index (Phi) is 4.06. The average Bonchev–Trinajstić information content (AvgIpc) is 2.86. The molecule has 0 bridgehead atoms. The Balaban J connectivity index is 2.44. The maximum absolute atomic E-state index is 4.69. The van der Waals surface area contributed by atoms with Crippen LogP contribution in [0.5, 0.6) is 0 Å². The highest BCUT2D eigenvalue weighted by molar-refractivity contribution is 5.61. The highest BCUT2D eigenvalue weighted by Gasteiger charge is 2.19. The van der Waals surface area contributed by atoms with Gasteiger partial charge < -0.3 is 5.32 Å². The summed E-state index contributed by atoms with van der Waals surface area (Å²) in [5.41, 5.74) is 1.86. The highest BCUT2D eigenvalue weighted by Crippen LogP contribution is 2.25. The third-order valence-corrected chi connectivity index (χ3v) is 3.03. The minimum atomic E-state index is -0.0823. The smallest absolute Gasteiger partial charge is 0.136 e. The molecule has 0 fully saturated rings. The Labute approximate surface area is 120 Å². The molecule has 0 saturated heterocycles. The van der Waals surface area contributed by atoms with Crippen LogP contribution >= 0.6 is 0 Å². The molecule has 1 N–H and O–H groups in total. The standard InChI is InChI=1S/C15H23N5/c1-6-7-20-10-11(9-17-20)12-8-13(16-5)19-14(18-12)15(2,3)4/h8-10H,6-7H2,1-5H3,(H,16,18,19). The van der Waals surface area contributed by atoms with Crippen molar-refractivity contribution >= 4 is 5.82 Å². The molecular formula is C15H23N5. The Hall–Kier alpha value is -1.91. The van der Waals surface area contributed by atoms with E-state index in [1.54, 1.807) is 0 Å². The molecule has 2 aromatic rings. The number of hydrogen-bond acceptors (Lipinski definition) is 4. The van der Waals surface area contributed by atoms with E-state index in [0.29, 0.717) is 0 Å². The van der Waals surface area contributed by atoms with Gasteiger partial charge in [-0.25, -0.2) is 9.97 Å². The summed E-state index contributed by atoms with van der Waals surface area (Å²) >= 11 is 0. The topological polar surface area (TPSA) is 55.6 Å². The van der Waals surface area contributed by atoms with Crippen molar-refractivity contribution in [2.45, 2.75) is 46.1 Å². The molecule has 0 aromatic carbocycles. The molecule has 0 aliphatic rings. The SMILES string of the molecule is CCCn1cc(-c2cc(NC)nc(C(C)(C)C)n2)cn1. The second kappa shape index (κ2) is 5.61. The van der Waals surface area contributed by atoms with Crippen LogP contribution in [0.4, 0.5) is 5.82 Å². The van der Waals surface area contributed by atoms with Crippen molar-refractivity contribution in [1.82, 2.24) is 19.7 Å². The molecule has 0 unspecified atom stereocenters. The van der Waals surface area contributed by atoms with E-state index < -0.39 is 0 Å². The summed E-state index contributed by atoms with van der Waals surface area (Å²) < 4.78 is 1.95. The van der Waals surface area contributed by atoms with Gasteiger partial charge in [0.2, 0.25) is 0 Å². The van der Waals surface area contributed by atoms with E-state index in [1.165, 1.54) is 0 Å². The van der Waals surface area contributed by atoms with Gasteiger partial charge in [-0.05, 0) is 6.42 Å². The van der Waals surface area contributed by atoms with Crippen LogP contribution in [-0.2, 0) is 12.0 Å². The quantitative estimate of drug-likeness (QED) is 0.930. The molecule has 5 heteroatoms. The van der Waals surface area contributed by atoms with Crippen molar-refractivity contribution in [3.8, 4) is 11.3 Å². The van der Waals surface area contributed by atoms with Gasteiger partial charge in [-0.15, -0.1) is 0 Å². The van der Waals surface area contributed by atoms with Crippen molar-refractivity contribution in [3.05, 3.63) is 24.3 Å². The first-order chi connectivity index (χ1) is 9.44. The molecule has 0 aliphatic carbocycles. The van der Waals surface area contributed by atoms with Crippen LogP contribution < -0.4 is 5.32 Å². The summed E-state index contributed by atoms with van der Waals surface area (Å²) in [5, 5.41) is 7.47. The zero-order chi connectivity index (χ0) is 14.8. The fourth-order valence-corrected chi connectivity index (χ4v) is 1.91. The van der Waals surface area contributed by atoms with Crippen LogP contribution in [0.1, 0.15) is 39.9 Å². The predicted octanol–water partition coefficient (Wildman–Crippen LogP) is 3.09. The van der Waals surface area contributed by atoms with Crippen LogP contribution in [0.25, 0.3) is 11.3 Å². The van der Waals surface area contributed by atoms with E-state index in [2.05, 4.69) is 43.1 Å². The van der Waals surface area contributed by atoms with Crippen LogP contribution in [0.3, 0.4) is 0 Å². The van der Waals surface area contributed by atoms with Crippen molar-refractivity contribution in [3.63, 3.8) is 0 Å². The van der Waals surface area contributed by atoms with Gasteiger partial charge in [0.05, 0.1) is 11.9 Å².